The maximum absolute atomic E-state index is 12.4. The van der Waals surface area contributed by atoms with E-state index in [9.17, 15) is 23.3 Å². The number of amides is 1. The second kappa shape index (κ2) is 8.36. The molecule has 0 unspecified atom stereocenters. The van der Waals surface area contributed by atoms with Gasteiger partial charge in [-0.25, -0.2) is 13.4 Å². The van der Waals surface area contributed by atoms with Crippen LogP contribution in [0.2, 0.25) is 0 Å². The number of nitro groups is 1. The molecule has 1 saturated heterocycles. The highest BCUT2D eigenvalue weighted by Crippen LogP contribution is 2.21. The van der Waals surface area contributed by atoms with Gasteiger partial charge in [-0.1, -0.05) is 12.5 Å². The molecule has 0 radical (unpaired) electrons. The summed E-state index contributed by atoms with van der Waals surface area (Å²) in [7, 11) is -3.99. The predicted molar refractivity (Wildman–Crippen MR) is 103 cm³/mol. The highest BCUT2D eigenvalue weighted by atomic mass is 32.2. The number of non-ortho nitro benzene ring substituents is 1. The molecule has 0 saturated carbocycles. The third-order valence-corrected chi connectivity index (χ3v) is 5.73. The summed E-state index contributed by atoms with van der Waals surface area (Å²) < 4.78 is 27.2. The second-order valence-electron chi connectivity index (χ2n) is 6.43. The van der Waals surface area contributed by atoms with Crippen LogP contribution in [0.15, 0.2) is 53.4 Å². The van der Waals surface area contributed by atoms with Gasteiger partial charge in [0.2, 0.25) is 0 Å². The Morgan fingerprint density at radius 3 is 2.36 bits per heavy atom. The number of hydrogen-bond acceptors (Lipinski definition) is 6. The Bertz CT molecular complexity index is 970. The first-order chi connectivity index (χ1) is 13.3. The van der Waals surface area contributed by atoms with Gasteiger partial charge in [0, 0.05) is 36.5 Å². The van der Waals surface area contributed by atoms with Crippen LogP contribution >= 0.6 is 0 Å². The summed E-state index contributed by atoms with van der Waals surface area (Å²) >= 11 is 0. The van der Waals surface area contributed by atoms with E-state index in [0.717, 1.165) is 38.4 Å². The number of benzene rings is 2. The first kappa shape index (κ1) is 19.8. The summed E-state index contributed by atoms with van der Waals surface area (Å²) in [5, 5.41) is 12.7. The number of carbonyl (C=O) groups is 1. The molecule has 28 heavy (non-hydrogen) atoms. The van der Waals surface area contributed by atoms with E-state index in [-0.39, 0.29) is 22.2 Å². The quantitative estimate of drug-likeness (QED) is 0.564. The summed E-state index contributed by atoms with van der Waals surface area (Å²) in [6, 6.07) is 10.8. The van der Waals surface area contributed by atoms with E-state index in [1.807, 2.05) is 5.01 Å². The van der Waals surface area contributed by atoms with E-state index in [2.05, 4.69) is 10.1 Å². The smallest absolute Gasteiger partial charge is 0.270 e. The van der Waals surface area contributed by atoms with Crippen molar-refractivity contribution >= 4 is 27.3 Å². The zero-order chi connectivity index (χ0) is 20.1. The van der Waals surface area contributed by atoms with E-state index >= 15 is 0 Å². The minimum Gasteiger partial charge on any atom is -0.285 e. The van der Waals surface area contributed by atoms with Crippen LogP contribution < -0.4 is 10.1 Å². The SMILES string of the molecule is O=C(NN1CCCCC1)c1ccc(NS(=O)(=O)c2cccc([N+](=O)[O-])c2)cc1. The van der Waals surface area contributed by atoms with E-state index in [0.29, 0.717) is 5.56 Å². The van der Waals surface area contributed by atoms with Crippen molar-refractivity contribution in [2.24, 2.45) is 0 Å². The number of hydrogen-bond donors (Lipinski definition) is 2. The lowest BCUT2D eigenvalue weighted by Gasteiger charge is -2.26. The Morgan fingerprint density at radius 1 is 1.04 bits per heavy atom. The van der Waals surface area contributed by atoms with Crippen LogP contribution in [0.4, 0.5) is 11.4 Å². The van der Waals surface area contributed by atoms with Crippen molar-refractivity contribution in [2.75, 3.05) is 17.8 Å². The van der Waals surface area contributed by atoms with E-state index in [1.54, 1.807) is 0 Å². The summed E-state index contributed by atoms with van der Waals surface area (Å²) in [4.78, 5) is 22.2. The van der Waals surface area contributed by atoms with Gasteiger partial charge in [-0.15, -0.1) is 0 Å². The van der Waals surface area contributed by atoms with Crippen LogP contribution in [0.25, 0.3) is 0 Å². The third kappa shape index (κ3) is 4.84. The zero-order valence-electron chi connectivity index (χ0n) is 15.0. The predicted octanol–water partition coefficient (Wildman–Crippen LogP) is 2.53. The van der Waals surface area contributed by atoms with Crippen molar-refractivity contribution in [2.45, 2.75) is 24.2 Å². The fourth-order valence-corrected chi connectivity index (χ4v) is 3.98. The Morgan fingerprint density at radius 2 is 1.71 bits per heavy atom. The molecule has 2 aromatic carbocycles. The lowest BCUT2D eigenvalue weighted by molar-refractivity contribution is -0.385. The highest BCUT2D eigenvalue weighted by Gasteiger charge is 2.18. The maximum atomic E-state index is 12.4. The molecule has 1 amide bonds. The van der Waals surface area contributed by atoms with Crippen molar-refractivity contribution in [3.8, 4) is 0 Å². The van der Waals surface area contributed by atoms with Crippen molar-refractivity contribution in [3.05, 3.63) is 64.2 Å². The average Bonchev–Trinajstić information content (AvgIpc) is 2.69. The number of anilines is 1. The number of nitro benzene ring substituents is 1. The van der Waals surface area contributed by atoms with Crippen LogP contribution in [0.5, 0.6) is 0 Å². The minimum atomic E-state index is -3.99. The molecule has 2 N–H and O–H groups in total. The highest BCUT2D eigenvalue weighted by molar-refractivity contribution is 7.92. The molecule has 2 aromatic rings. The number of hydrazine groups is 1. The number of carbonyl (C=O) groups excluding carboxylic acids is 1. The molecular formula is C18H20N4O5S. The molecule has 1 heterocycles. The van der Waals surface area contributed by atoms with Gasteiger partial charge in [0.05, 0.1) is 9.82 Å². The van der Waals surface area contributed by atoms with Crippen molar-refractivity contribution in [1.29, 1.82) is 0 Å². The Balaban J connectivity index is 1.68. The standard InChI is InChI=1S/C18H20N4O5S/c23-18(19-21-11-2-1-3-12-21)14-7-9-15(10-8-14)20-28(26,27)17-6-4-5-16(13-17)22(24)25/h4-10,13,20H,1-3,11-12H2,(H,19,23). The molecule has 0 bridgehead atoms. The fraction of sp³-hybridized carbons (Fsp3) is 0.278. The van der Waals surface area contributed by atoms with Gasteiger partial charge in [-0.2, -0.15) is 0 Å². The molecule has 10 heteroatoms. The summed E-state index contributed by atoms with van der Waals surface area (Å²) in [5.41, 5.74) is 3.18. The van der Waals surface area contributed by atoms with Gasteiger partial charge < -0.3 is 0 Å². The van der Waals surface area contributed by atoms with Gasteiger partial charge in [-0.05, 0) is 43.2 Å². The van der Waals surface area contributed by atoms with E-state index in [1.165, 1.54) is 42.5 Å². The van der Waals surface area contributed by atoms with E-state index in [4.69, 9.17) is 0 Å². The number of sulfonamides is 1. The van der Waals surface area contributed by atoms with Gasteiger partial charge in [0.25, 0.3) is 21.6 Å². The van der Waals surface area contributed by atoms with Crippen molar-refractivity contribution in [1.82, 2.24) is 10.4 Å². The molecule has 148 valence electrons. The number of nitrogens with zero attached hydrogens (tertiary/aromatic N) is 2. The topological polar surface area (TPSA) is 122 Å². The second-order valence-corrected chi connectivity index (χ2v) is 8.11. The average molecular weight is 404 g/mol. The van der Waals surface area contributed by atoms with E-state index < -0.39 is 14.9 Å². The first-order valence-electron chi connectivity index (χ1n) is 8.78. The molecule has 0 aliphatic carbocycles. The molecule has 1 fully saturated rings. The normalized spacial score (nSPS) is 15.0. The van der Waals surface area contributed by atoms with Crippen LogP contribution in [0.3, 0.4) is 0 Å². The first-order valence-corrected chi connectivity index (χ1v) is 10.3. The van der Waals surface area contributed by atoms with Crippen LogP contribution in [-0.4, -0.2) is 37.3 Å². The number of piperidine rings is 1. The molecule has 3 rings (SSSR count). The molecule has 1 aliphatic heterocycles. The Hall–Kier alpha value is -2.98. The fourth-order valence-electron chi connectivity index (χ4n) is 2.88. The Kier molecular flexibility index (Phi) is 5.90. The molecular weight excluding hydrogens is 384 g/mol. The van der Waals surface area contributed by atoms with Crippen LogP contribution in [-0.2, 0) is 10.0 Å². The molecule has 1 aliphatic rings. The lowest BCUT2D eigenvalue weighted by atomic mass is 10.1. The molecule has 9 nitrogen and oxygen atoms in total. The zero-order valence-corrected chi connectivity index (χ0v) is 15.8. The molecule has 0 spiro atoms. The maximum Gasteiger partial charge on any atom is 0.270 e. The molecule has 0 aromatic heterocycles. The summed E-state index contributed by atoms with van der Waals surface area (Å²) in [6.07, 6.45) is 3.24. The van der Waals surface area contributed by atoms with Gasteiger partial charge in [0.15, 0.2) is 0 Å². The van der Waals surface area contributed by atoms with Gasteiger partial charge in [-0.3, -0.25) is 25.1 Å². The summed E-state index contributed by atoms with van der Waals surface area (Å²) in [5.74, 6) is -0.255. The number of rotatable bonds is 6. The van der Waals surface area contributed by atoms with Gasteiger partial charge in [0.1, 0.15) is 0 Å². The largest absolute Gasteiger partial charge is 0.285 e. The number of nitrogens with one attached hydrogen (secondary N) is 2. The summed E-state index contributed by atoms with van der Waals surface area (Å²) in [6.45, 7) is 1.62. The third-order valence-electron chi connectivity index (χ3n) is 4.35. The minimum absolute atomic E-state index is 0.214. The monoisotopic (exact) mass is 404 g/mol. The van der Waals surface area contributed by atoms with Gasteiger partial charge >= 0.3 is 0 Å². The Labute approximate surface area is 162 Å². The van der Waals surface area contributed by atoms with Crippen molar-refractivity contribution < 1.29 is 18.1 Å². The lowest BCUT2D eigenvalue weighted by Crippen LogP contribution is -2.45. The van der Waals surface area contributed by atoms with Crippen LogP contribution in [0.1, 0.15) is 29.6 Å². The van der Waals surface area contributed by atoms with Crippen molar-refractivity contribution in [3.63, 3.8) is 0 Å². The van der Waals surface area contributed by atoms with Crippen LogP contribution in [0, 0.1) is 10.1 Å². The molecule has 0 atom stereocenters.